The van der Waals surface area contributed by atoms with Crippen LogP contribution < -0.4 is 0 Å². The molecule has 0 unspecified atom stereocenters. The largest absolute Gasteiger partial charge is 0.192 e. The fourth-order valence-electron chi connectivity index (χ4n) is 4.13. The second-order valence-corrected chi connectivity index (χ2v) is 7.63. The maximum absolute atomic E-state index is 9.25. The van der Waals surface area contributed by atoms with Crippen molar-refractivity contribution < 1.29 is 0 Å². The standard InChI is InChI=1S/C24H21N/c1-15-9-16(2)11-19(10-15)18-6-8-21-20-7-5-17(14-25)12-22(20)24(3,4)23(21)13-18/h5-13H,1-4H3. The molecule has 1 nitrogen and oxygen atoms in total. The first-order chi connectivity index (χ1) is 11.9. The lowest BCUT2D eigenvalue weighted by Gasteiger charge is -2.22. The van der Waals surface area contributed by atoms with Gasteiger partial charge in [0.05, 0.1) is 11.6 Å². The summed E-state index contributed by atoms with van der Waals surface area (Å²) in [4.78, 5) is 0. The van der Waals surface area contributed by atoms with E-state index < -0.39 is 0 Å². The van der Waals surface area contributed by atoms with Gasteiger partial charge in [0, 0.05) is 5.41 Å². The molecule has 3 aromatic rings. The van der Waals surface area contributed by atoms with Crippen LogP contribution in [-0.4, -0.2) is 0 Å². The zero-order valence-electron chi connectivity index (χ0n) is 15.1. The number of nitriles is 1. The maximum Gasteiger partial charge on any atom is 0.0991 e. The van der Waals surface area contributed by atoms with Gasteiger partial charge in [-0.15, -0.1) is 0 Å². The van der Waals surface area contributed by atoms with Crippen molar-refractivity contribution in [3.05, 3.63) is 82.4 Å². The average Bonchev–Trinajstić information content (AvgIpc) is 2.81. The van der Waals surface area contributed by atoms with E-state index in [-0.39, 0.29) is 5.41 Å². The molecule has 0 aromatic heterocycles. The minimum atomic E-state index is -0.0909. The smallest absolute Gasteiger partial charge is 0.0991 e. The average molecular weight is 323 g/mol. The fourth-order valence-corrected chi connectivity index (χ4v) is 4.13. The van der Waals surface area contributed by atoms with Crippen LogP contribution in [0.4, 0.5) is 0 Å². The van der Waals surface area contributed by atoms with Crippen LogP contribution in [0.1, 0.15) is 41.7 Å². The second kappa shape index (κ2) is 5.33. The number of aryl methyl sites for hydroxylation is 2. The Bertz CT molecular complexity index is 1030. The molecule has 1 heteroatoms. The van der Waals surface area contributed by atoms with Gasteiger partial charge in [0.1, 0.15) is 0 Å². The van der Waals surface area contributed by atoms with E-state index in [2.05, 4.69) is 76.2 Å². The molecule has 0 N–H and O–H groups in total. The highest BCUT2D eigenvalue weighted by Gasteiger charge is 2.35. The van der Waals surface area contributed by atoms with E-state index in [0.29, 0.717) is 0 Å². The molecule has 0 amide bonds. The number of hydrogen-bond acceptors (Lipinski definition) is 1. The number of fused-ring (bicyclic) bond motifs is 3. The first kappa shape index (κ1) is 15.7. The van der Waals surface area contributed by atoms with Crippen LogP contribution in [0, 0.1) is 25.2 Å². The van der Waals surface area contributed by atoms with Crippen molar-refractivity contribution in [3.8, 4) is 28.3 Å². The lowest BCUT2D eigenvalue weighted by Crippen LogP contribution is -2.15. The minimum Gasteiger partial charge on any atom is -0.192 e. The third-order valence-corrected chi connectivity index (χ3v) is 5.36. The lowest BCUT2D eigenvalue weighted by molar-refractivity contribution is 0.660. The van der Waals surface area contributed by atoms with Gasteiger partial charge in [-0.2, -0.15) is 5.26 Å². The van der Waals surface area contributed by atoms with Gasteiger partial charge < -0.3 is 0 Å². The molecular weight excluding hydrogens is 302 g/mol. The summed E-state index contributed by atoms with van der Waals surface area (Å²) in [6.45, 7) is 8.80. The third-order valence-electron chi connectivity index (χ3n) is 5.36. The molecule has 4 rings (SSSR count). The Kier molecular flexibility index (Phi) is 3.34. The van der Waals surface area contributed by atoms with E-state index in [1.807, 2.05) is 12.1 Å². The molecule has 1 aliphatic carbocycles. The Morgan fingerprint density at radius 2 is 1.32 bits per heavy atom. The van der Waals surface area contributed by atoms with Crippen molar-refractivity contribution >= 4 is 0 Å². The number of benzene rings is 3. The SMILES string of the molecule is Cc1cc(C)cc(-c2ccc3c(c2)C(C)(C)c2cc(C#N)ccc2-3)c1. The third kappa shape index (κ3) is 2.37. The molecular formula is C24H21N. The molecule has 25 heavy (non-hydrogen) atoms. The predicted molar refractivity (Wildman–Crippen MR) is 104 cm³/mol. The molecule has 0 spiro atoms. The summed E-state index contributed by atoms with van der Waals surface area (Å²) in [7, 11) is 0. The van der Waals surface area contributed by atoms with Gasteiger partial charge in [-0.1, -0.05) is 61.4 Å². The molecule has 0 aliphatic heterocycles. The molecule has 0 radical (unpaired) electrons. The summed E-state index contributed by atoms with van der Waals surface area (Å²) in [6.07, 6.45) is 0. The summed E-state index contributed by atoms with van der Waals surface area (Å²) < 4.78 is 0. The van der Waals surface area contributed by atoms with Crippen molar-refractivity contribution in [3.63, 3.8) is 0 Å². The molecule has 0 heterocycles. The van der Waals surface area contributed by atoms with E-state index in [0.717, 1.165) is 5.56 Å². The summed E-state index contributed by atoms with van der Waals surface area (Å²) >= 11 is 0. The van der Waals surface area contributed by atoms with Crippen LogP contribution >= 0.6 is 0 Å². The molecule has 3 aromatic carbocycles. The van der Waals surface area contributed by atoms with E-state index in [9.17, 15) is 5.26 Å². The van der Waals surface area contributed by atoms with Crippen LogP contribution in [0.15, 0.2) is 54.6 Å². The maximum atomic E-state index is 9.25. The zero-order valence-corrected chi connectivity index (χ0v) is 15.1. The summed E-state index contributed by atoms with van der Waals surface area (Å²) in [6, 6.07) is 21.8. The Morgan fingerprint density at radius 1 is 0.720 bits per heavy atom. The molecule has 1 aliphatic rings. The fraction of sp³-hybridized carbons (Fsp3) is 0.208. The van der Waals surface area contributed by atoms with Gasteiger partial charge in [0.15, 0.2) is 0 Å². The van der Waals surface area contributed by atoms with E-state index in [1.165, 1.54) is 44.5 Å². The van der Waals surface area contributed by atoms with Crippen molar-refractivity contribution in [1.29, 1.82) is 5.26 Å². The van der Waals surface area contributed by atoms with Gasteiger partial charge in [-0.25, -0.2) is 0 Å². The molecule has 0 bridgehead atoms. The van der Waals surface area contributed by atoms with Gasteiger partial charge >= 0.3 is 0 Å². The Morgan fingerprint density at radius 3 is 1.96 bits per heavy atom. The van der Waals surface area contributed by atoms with Gasteiger partial charge in [-0.3, -0.25) is 0 Å². The summed E-state index contributed by atoms with van der Waals surface area (Å²) in [5.41, 5.74) is 10.9. The Hall–Kier alpha value is -2.85. The van der Waals surface area contributed by atoms with Crippen molar-refractivity contribution in [2.75, 3.05) is 0 Å². The van der Waals surface area contributed by atoms with Crippen molar-refractivity contribution in [2.24, 2.45) is 0 Å². The van der Waals surface area contributed by atoms with Crippen molar-refractivity contribution in [1.82, 2.24) is 0 Å². The number of rotatable bonds is 1. The van der Waals surface area contributed by atoms with Crippen LogP contribution in [0.25, 0.3) is 22.3 Å². The van der Waals surface area contributed by atoms with E-state index >= 15 is 0 Å². The lowest BCUT2D eigenvalue weighted by atomic mass is 9.81. The van der Waals surface area contributed by atoms with Gasteiger partial charge in [0.25, 0.3) is 0 Å². The second-order valence-electron chi connectivity index (χ2n) is 7.63. The van der Waals surface area contributed by atoms with Crippen LogP contribution in [0.3, 0.4) is 0 Å². The first-order valence-electron chi connectivity index (χ1n) is 8.68. The van der Waals surface area contributed by atoms with E-state index in [1.54, 1.807) is 0 Å². The summed E-state index contributed by atoms with van der Waals surface area (Å²) in [5.74, 6) is 0. The Labute approximate surface area is 149 Å². The molecule has 0 saturated carbocycles. The van der Waals surface area contributed by atoms with Gasteiger partial charge in [-0.05, 0) is 65.4 Å². The number of hydrogen-bond donors (Lipinski definition) is 0. The Balaban J connectivity index is 1.91. The molecule has 122 valence electrons. The number of nitrogens with zero attached hydrogens (tertiary/aromatic N) is 1. The minimum absolute atomic E-state index is 0.0909. The van der Waals surface area contributed by atoms with Crippen LogP contribution in [0.5, 0.6) is 0 Å². The van der Waals surface area contributed by atoms with Crippen molar-refractivity contribution in [2.45, 2.75) is 33.1 Å². The predicted octanol–water partition coefficient (Wildman–Crippen LogP) is 6.15. The molecule has 0 atom stereocenters. The highest BCUT2D eigenvalue weighted by atomic mass is 14.4. The van der Waals surface area contributed by atoms with Gasteiger partial charge in [0.2, 0.25) is 0 Å². The highest BCUT2D eigenvalue weighted by Crippen LogP contribution is 2.49. The normalized spacial score (nSPS) is 13.9. The topological polar surface area (TPSA) is 23.8 Å². The monoisotopic (exact) mass is 323 g/mol. The first-order valence-corrected chi connectivity index (χ1v) is 8.68. The molecule has 0 fully saturated rings. The molecule has 0 saturated heterocycles. The van der Waals surface area contributed by atoms with Crippen LogP contribution in [-0.2, 0) is 5.41 Å². The summed E-state index contributed by atoms with van der Waals surface area (Å²) in [5, 5.41) is 9.25. The van der Waals surface area contributed by atoms with E-state index in [4.69, 9.17) is 0 Å². The zero-order chi connectivity index (χ0) is 17.8. The van der Waals surface area contributed by atoms with Crippen LogP contribution in [0.2, 0.25) is 0 Å². The highest BCUT2D eigenvalue weighted by molar-refractivity contribution is 5.84. The quantitative estimate of drug-likeness (QED) is 0.527.